The van der Waals surface area contributed by atoms with Gasteiger partial charge in [0, 0.05) is 31.7 Å². The third kappa shape index (κ3) is 3.33. The van der Waals surface area contributed by atoms with E-state index in [9.17, 15) is 9.59 Å². The molecule has 1 aliphatic heterocycles. The van der Waals surface area contributed by atoms with Crippen molar-refractivity contribution in [2.45, 2.75) is 25.7 Å². The van der Waals surface area contributed by atoms with Gasteiger partial charge in [-0.05, 0) is 43.3 Å². The van der Waals surface area contributed by atoms with E-state index in [2.05, 4.69) is 10.3 Å². The maximum absolute atomic E-state index is 12.4. The number of aryl methyl sites for hydroxylation is 1. The maximum Gasteiger partial charge on any atom is 0.263 e. The SMILES string of the molecule is CNC(=O)c1ccc(C)nc1C1CCN(C(=O)c2cccs2)CC1. The normalized spacial score (nSPS) is 15.3. The molecule has 0 bridgehead atoms. The predicted molar refractivity (Wildman–Crippen MR) is 94.6 cm³/mol. The zero-order chi connectivity index (χ0) is 17.1. The van der Waals surface area contributed by atoms with E-state index in [1.54, 1.807) is 7.05 Å². The Morgan fingerprint density at radius 2 is 2.00 bits per heavy atom. The number of rotatable bonds is 3. The summed E-state index contributed by atoms with van der Waals surface area (Å²) in [4.78, 5) is 31.8. The number of nitrogens with one attached hydrogen (secondary N) is 1. The van der Waals surface area contributed by atoms with Gasteiger partial charge in [-0.2, -0.15) is 0 Å². The number of nitrogens with zero attached hydrogens (tertiary/aromatic N) is 2. The van der Waals surface area contributed by atoms with Gasteiger partial charge in [-0.15, -0.1) is 11.3 Å². The Kier molecular flexibility index (Phi) is 4.94. The molecule has 0 saturated carbocycles. The summed E-state index contributed by atoms with van der Waals surface area (Å²) in [5.74, 6) is 0.214. The Morgan fingerprint density at radius 1 is 1.25 bits per heavy atom. The lowest BCUT2D eigenvalue weighted by Crippen LogP contribution is -2.38. The summed E-state index contributed by atoms with van der Waals surface area (Å²) < 4.78 is 0. The van der Waals surface area contributed by atoms with Crippen LogP contribution in [0.3, 0.4) is 0 Å². The topological polar surface area (TPSA) is 62.3 Å². The van der Waals surface area contributed by atoms with Gasteiger partial charge in [-0.25, -0.2) is 0 Å². The number of carbonyl (C=O) groups excluding carboxylic acids is 2. The van der Waals surface area contributed by atoms with Gasteiger partial charge < -0.3 is 10.2 Å². The molecule has 126 valence electrons. The monoisotopic (exact) mass is 343 g/mol. The van der Waals surface area contributed by atoms with Crippen molar-refractivity contribution in [2.75, 3.05) is 20.1 Å². The van der Waals surface area contributed by atoms with E-state index in [-0.39, 0.29) is 17.7 Å². The summed E-state index contributed by atoms with van der Waals surface area (Å²) in [6.07, 6.45) is 1.66. The first-order valence-corrected chi connectivity index (χ1v) is 9.00. The average Bonchev–Trinajstić information content (AvgIpc) is 3.15. The van der Waals surface area contributed by atoms with Gasteiger partial charge in [0.15, 0.2) is 0 Å². The van der Waals surface area contributed by atoms with E-state index in [1.165, 1.54) is 11.3 Å². The van der Waals surface area contributed by atoms with Gasteiger partial charge >= 0.3 is 0 Å². The van der Waals surface area contributed by atoms with Gasteiger partial charge in [-0.1, -0.05) is 6.07 Å². The molecule has 1 saturated heterocycles. The molecule has 0 atom stereocenters. The van der Waals surface area contributed by atoms with Crippen molar-refractivity contribution in [3.8, 4) is 0 Å². The van der Waals surface area contributed by atoms with Crippen LogP contribution in [0.15, 0.2) is 29.6 Å². The molecule has 24 heavy (non-hydrogen) atoms. The Balaban J connectivity index is 1.74. The van der Waals surface area contributed by atoms with Crippen LogP contribution in [0.25, 0.3) is 0 Å². The number of aromatic nitrogens is 1. The minimum Gasteiger partial charge on any atom is -0.355 e. The number of thiophene rings is 1. The van der Waals surface area contributed by atoms with E-state index in [4.69, 9.17) is 0 Å². The van der Waals surface area contributed by atoms with Crippen molar-refractivity contribution in [3.63, 3.8) is 0 Å². The second-order valence-electron chi connectivity index (χ2n) is 6.01. The second-order valence-corrected chi connectivity index (χ2v) is 6.96. The Bertz CT molecular complexity index is 735. The van der Waals surface area contributed by atoms with E-state index in [0.717, 1.165) is 29.1 Å². The Hall–Kier alpha value is -2.21. The fourth-order valence-electron chi connectivity index (χ4n) is 3.13. The van der Waals surface area contributed by atoms with Crippen LogP contribution in [0.1, 0.15) is 50.2 Å². The van der Waals surface area contributed by atoms with Crippen molar-refractivity contribution in [1.29, 1.82) is 0 Å². The van der Waals surface area contributed by atoms with Gasteiger partial charge in [0.1, 0.15) is 0 Å². The Labute approximate surface area is 145 Å². The lowest BCUT2D eigenvalue weighted by atomic mass is 9.89. The maximum atomic E-state index is 12.4. The summed E-state index contributed by atoms with van der Waals surface area (Å²) in [6, 6.07) is 7.48. The third-order valence-corrected chi connectivity index (χ3v) is 5.29. The largest absolute Gasteiger partial charge is 0.355 e. The van der Waals surface area contributed by atoms with Crippen LogP contribution in [0.4, 0.5) is 0 Å². The van der Waals surface area contributed by atoms with Crippen molar-refractivity contribution in [1.82, 2.24) is 15.2 Å². The second kappa shape index (κ2) is 7.13. The molecule has 2 aromatic rings. The molecule has 2 aromatic heterocycles. The standard InChI is InChI=1S/C18H21N3O2S/c1-12-5-6-14(17(22)19-2)16(20-12)13-7-9-21(10-8-13)18(23)15-4-3-11-24-15/h3-6,11,13H,7-10H2,1-2H3,(H,19,22). The number of piperidine rings is 1. The van der Waals surface area contributed by atoms with Crippen LogP contribution in [0.5, 0.6) is 0 Å². The van der Waals surface area contributed by atoms with Crippen LogP contribution >= 0.6 is 11.3 Å². The molecule has 6 heteroatoms. The molecular formula is C18H21N3O2S. The van der Waals surface area contributed by atoms with Crippen molar-refractivity contribution in [2.24, 2.45) is 0 Å². The highest BCUT2D eigenvalue weighted by atomic mass is 32.1. The van der Waals surface area contributed by atoms with Gasteiger partial charge in [0.05, 0.1) is 16.1 Å². The van der Waals surface area contributed by atoms with Crippen LogP contribution in [0, 0.1) is 6.92 Å². The smallest absolute Gasteiger partial charge is 0.263 e. The molecule has 3 heterocycles. The predicted octanol–water partition coefficient (Wildman–Crippen LogP) is 2.83. The Morgan fingerprint density at radius 3 is 2.62 bits per heavy atom. The quantitative estimate of drug-likeness (QED) is 0.932. The summed E-state index contributed by atoms with van der Waals surface area (Å²) in [6.45, 7) is 3.33. The number of likely N-dealkylation sites (tertiary alicyclic amines) is 1. The number of pyridine rings is 1. The average molecular weight is 343 g/mol. The number of amides is 2. The zero-order valence-electron chi connectivity index (χ0n) is 13.9. The summed E-state index contributed by atoms with van der Waals surface area (Å²) in [7, 11) is 1.63. The highest BCUT2D eigenvalue weighted by Crippen LogP contribution is 2.30. The highest BCUT2D eigenvalue weighted by molar-refractivity contribution is 7.12. The molecule has 0 aromatic carbocycles. The molecule has 0 unspecified atom stereocenters. The highest BCUT2D eigenvalue weighted by Gasteiger charge is 2.28. The number of hydrogen-bond acceptors (Lipinski definition) is 4. The summed E-state index contributed by atoms with van der Waals surface area (Å²) in [5, 5.41) is 4.61. The van der Waals surface area contributed by atoms with Crippen molar-refractivity contribution in [3.05, 3.63) is 51.5 Å². The van der Waals surface area contributed by atoms with Gasteiger partial charge in [0.25, 0.3) is 11.8 Å². The molecule has 1 N–H and O–H groups in total. The van der Waals surface area contributed by atoms with Crippen molar-refractivity contribution < 1.29 is 9.59 Å². The third-order valence-electron chi connectivity index (χ3n) is 4.44. The lowest BCUT2D eigenvalue weighted by Gasteiger charge is -2.32. The molecular weight excluding hydrogens is 322 g/mol. The van der Waals surface area contributed by atoms with Crippen LogP contribution in [0.2, 0.25) is 0 Å². The molecule has 1 fully saturated rings. The minimum absolute atomic E-state index is 0.102. The van der Waals surface area contributed by atoms with E-state index >= 15 is 0 Å². The molecule has 3 rings (SSSR count). The summed E-state index contributed by atoms with van der Waals surface area (Å²) in [5.41, 5.74) is 2.42. The zero-order valence-corrected chi connectivity index (χ0v) is 14.7. The molecule has 0 spiro atoms. The minimum atomic E-state index is -0.102. The van der Waals surface area contributed by atoms with Gasteiger partial charge in [0.2, 0.25) is 0 Å². The van der Waals surface area contributed by atoms with Crippen LogP contribution < -0.4 is 5.32 Å². The number of hydrogen-bond donors (Lipinski definition) is 1. The van der Waals surface area contributed by atoms with Crippen LogP contribution in [-0.4, -0.2) is 41.8 Å². The first-order valence-electron chi connectivity index (χ1n) is 8.12. The fraction of sp³-hybridized carbons (Fsp3) is 0.389. The van der Waals surface area contributed by atoms with E-state index in [1.807, 2.05) is 41.5 Å². The molecule has 0 aliphatic carbocycles. The molecule has 0 radical (unpaired) electrons. The molecule has 1 aliphatic rings. The first kappa shape index (κ1) is 16.6. The summed E-state index contributed by atoms with van der Waals surface area (Å²) >= 11 is 1.48. The first-order chi connectivity index (χ1) is 11.6. The van der Waals surface area contributed by atoms with E-state index in [0.29, 0.717) is 18.7 Å². The number of carbonyl (C=O) groups is 2. The fourth-order valence-corrected chi connectivity index (χ4v) is 3.82. The van der Waals surface area contributed by atoms with E-state index < -0.39 is 0 Å². The molecule has 2 amide bonds. The lowest BCUT2D eigenvalue weighted by molar-refractivity contribution is 0.0715. The van der Waals surface area contributed by atoms with Gasteiger partial charge in [-0.3, -0.25) is 14.6 Å². The van der Waals surface area contributed by atoms with Crippen LogP contribution in [-0.2, 0) is 0 Å². The van der Waals surface area contributed by atoms with Crippen molar-refractivity contribution >= 4 is 23.2 Å². The molecule has 5 nitrogen and oxygen atoms in total.